The standard InChI is InChI=1S/C16H25N5O3/c1-19-8-5-17-14(19)12-18-16(23)21-7-3-6-20(9-10-21)15(22)13-4-2-11-24-13/h5,8,13H,2-4,6-7,9-12H2,1H3,(H,18,23). The number of aromatic nitrogens is 2. The molecule has 1 unspecified atom stereocenters. The van der Waals surface area contributed by atoms with Crippen molar-refractivity contribution in [3.63, 3.8) is 0 Å². The molecule has 8 heteroatoms. The fourth-order valence-electron chi connectivity index (χ4n) is 3.15. The number of nitrogens with zero attached hydrogens (tertiary/aromatic N) is 4. The normalized spacial score (nSPS) is 21.6. The van der Waals surface area contributed by atoms with E-state index >= 15 is 0 Å². The SMILES string of the molecule is Cn1ccnc1CNC(=O)N1CCCN(C(=O)C2CCCO2)CC1. The molecule has 2 fully saturated rings. The van der Waals surface area contributed by atoms with Crippen molar-refractivity contribution < 1.29 is 14.3 Å². The molecule has 0 spiro atoms. The van der Waals surface area contributed by atoms with Crippen molar-refractivity contribution in [2.24, 2.45) is 7.05 Å². The first-order chi connectivity index (χ1) is 11.6. The van der Waals surface area contributed by atoms with Crippen molar-refractivity contribution in [3.05, 3.63) is 18.2 Å². The summed E-state index contributed by atoms with van der Waals surface area (Å²) in [4.78, 5) is 32.6. The zero-order valence-corrected chi connectivity index (χ0v) is 14.1. The topological polar surface area (TPSA) is 79.7 Å². The third kappa shape index (κ3) is 3.87. The number of amides is 3. The van der Waals surface area contributed by atoms with E-state index in [1.54, 1.807) is 11.1 Å². The molecule has 1 atom stereocenters. The van der Waals surface area contributed by atoms with Crippen LogP contribution in [0.25, 0.3) is 0 Å². The lowest BCUT2D eigenvalue weighted by molar-refractivity contribution is -0.140. The van der Waals surface area contributed by atoms with E-state index in [-0.39, 0.29) is 18.0 Å². The lowest BCUT2D eigenvalue weighted by atomic mass is 10.2. The Hall–Kier alpha value is -2.09. The van der Waals surface area contributed by atoms with Gasteiger partial charge in [-0.15, -0.1) is 0 Å². The summed E-state index contributed by atoms with van der Waals surface area (Å²) in [5.41, 5.74) is 0. The van der Waals surface area contributed by atoms with Crippen molar-refractivity contribution >= 4 is 11.9 Å². The monoisotopic (exact) mass is 335 g/mol. The highest BCUT2D eigenvalue weighted by molar-refractivity contribution is 5.81. The average molecular weight is 335 g/mol. The lowest BCUT2D eigenvalue weighted by Gasteiger charge is -2.24. The van der Waals surface area contributed by atoms with Crippen LogP contribution in [0.15, 0.2) is 12.4 Å². The molecule has 0 saturated carbocycles. The fourth-order valence-corrected chi connectivity index (χ4v) is 3.15. The third-order valence-corrected chi connectivity index (χ3v) is 4.62. The second kappa shape index (κ2) is 7.65. The first kappa shape index (κ1) is 16.8. The minimum absolute atomic E-state index is 0.0720. The maximum absolute atomic E-state index is 12.4. The van der Waals surface area contributed by atoms with Crippen molar-refractivity contribution in [1.82, 2.24) is 24.7 Å². The summed E-state index contributed by atoms with van der Waals surface area (Å²) in [6.45, 7) is 3.52. The Morgan fingerprint density at radius 1 is 1.25 bits per heavy atom. The van der Waals surface area contributed by atoms with Crippen molar-refractivity contribution in [1.29, 1.82) is 0 Å². The second-order valence-corrected chi connectivity index (χ2v) is 6.28. The minimum atomic E-state index is -0.284. The van der Waals surface area contributed by atoms with E-state index in [1.807, 2.05) is 22.7 Å². The predicted octanol–water partition coefficient (Wildman–Crippen LogP) is 0.343. The van der Waals surface area contributed by atoms with Crippen LogP contribution in [0.1, 0.15) is 25.1 Å². The molecule has 1 N–H and O–H groups in total. The van der Waals surface area contributed by atoms with E-state index in [2.05, 4.69) is 10.3 Å². The maximum Gasteiger partial charge on any atom is 0.317 e. The van der Waals surface area contributed by atoms with Gasteiger partial charge in [0.25, 0.3) is 5.91 Å². The Morgan fingerprint density at radius 2 is 2.04 bits per heavy atom. The number of hydrogen-bond acceptors (Lipinski definition) is 4. The van der Waals surface area contributed by atoms with Gasteiger partial charge in [-0.2, -0.15) is 0 Å². The quantitative estimate of drug-likeness (QED) is 0.864. The van der Waals surface area contributed by atoms with Gasteiger partial charge in [0.15, 0.2) is 0 Å². The first-order valence-corrected chi connectivity index (χ1v) is 8.54. The third-order valence-electron chi connectivity index (χ3n) is 4.62. The van der Waals surface area contributed by atoms with Gasteiger partial charge in [0.2, 0.25) is 0 Å². The minimum Gasteiger partial charge on any atom is -0.368 e. The van der Waals surface area contributed by atoms with Gasteiger partial charge in [-0.05, 0) is 19.3 Å². The molecule has 2 saturated heterocycles. The summed E-state index contributed by atoms with van der Waals surface area (Å²) in [6, 6.07) is -0.107. The average Bonchev–Trinajstić information content (AvgIpc) is 3.18. The molecular weight excluding hydrogens is 310 g/mol. The van der Waals surface area contributed by atoms with E-state index in [0.717, 1.165) is 25.1 Å². The highest BCUT2D eigenvalue weighted by Gasteiger charge is 2.30. The number of ether oxygens (including phenoxy) is 1. The highest BCUT2D eigenvalue weighted by atomic mass is 16.5. The maximum atomic E-state index is 12.4. The van der Waals surface area contributed by atoms with E-state index in [0.29, 0.717) is 39.3 Å². The van der Waals surface area contributed by atoms with Crippen LogP contribution < -0.4 is 5.32 Å². The van der Waals surface area contributed by atoms with Crippen LogP contribution in [0.2, 0.25) is 0 Å². The molecule has 3 rings (SSSR count). The van der Waals surface area contributed by atoms with Crippen molar-refractivity contribution in [2.45, 2.75) is 31.9 Å². The van der Waals surface area contributed by atoms with Crippen LogP contribution >= 0.6 is 0 Å². The molecule has 2 aliphatic rings. The van der Waals surface area contributed by atoms with Crippen LogP contribution in [0.3, 0.4) is 0 Å². The Balaban J connectivity index is 1.48. The van der Waals surface area contributed by atoms with Gasteiger partial charge in [-0.1, -0.05) is 0 Å². The van der Waals surface area contributed by atoms with E-state index in [9.17, 15) is 9.59 Å². The fraction of sp³-hybridized carbons (Fsp3) is 0.688. The number of carbonyl (C=O) groups is 2. The van der Waals surface area contributed by atoms with Gasteiger partial charge in [-0.25, -0.2) is 9.78 Å². The Labute approximate surface area is 141 Å². The molecule has 24 heavy (non-hydrogen) atoms. The summed E-state index contributed by atoms with van der Waals surface area (Å²) in [5.74, 6) is 0.885. The summed E-state index contributed by atoms with van der Waals surface area (Å²) >= 11 is 0. The molecule has 1 aromatic heterocycles. The lowest BCUT2D eigenvalue weighted by Crippen LogP contribution is -2.44. The smallest absolute Gasteiger partial charge is 0.317 e. The number of hydrogen-bond donors (Lipinski definition) is 1. The first-order valence-electron chi connectivity index (χ1n) is 8.54. The van der Waals surface area contributed by atoms with E-state index in [1.165, 1.54) is 0 Å². The number of aryl methyl sites for hydroxylation is 1. The molecule has 2 aliphatic heterocycles. The molecule has 1 aromatic rings. The molecule has 8 nitrogen and oxygen atoms in total. The van der Waals surface area contributed by atoms with Crippen LogP contribution in [0.4, 0.5) is 4.79 Å². The van der Waals surface area contributed by atoms with E-state index in [4.69, 9.17) is 4.74 Å². The molecular formula is C16H25N5O3. The molecule has 0 aliphatic carbocycles. The summed E-state index contributed by atoms with van der Waals surface area (Å²) < 4.78 is 7.36. The van der Waals surface area contributed by atoms with Gasteiger partial charge < -0.3 is 24.4 Å². The summed E-state index contributed by atoms with van der Waals surface area (Å²) in [6.07, 6.45) is 5.82. The number of carbonyl (C=O) groups excluding carboxylic acids is 2. The van der Waals surface area contributed by atoms with Gasteiger partial charge in [-0.3, -0.25) is 4.79 Å². The molecule has 0 aromatic carbocycles. The van der Waals surface area contributed by atoms with Crippen molar-refractivity contribution in [2.75, 3.05) is 32.8 Å². The van der Waals surface area contributed by atoms with Crippen LogP contribution in [-0.4, -0.2) is 70.2 Å². The molecule has 0 radical (unpaired) electrons. The van der Waals surface area contributed by atoms with Crippen LogP contribution in [0, 0.1) is 0 Å². The number of urea groups is 1. The zero-order valence-electron chi connectivity index (χ0n) is 14.1. The molecule has 0 bridgehead atoms. The Bertz CT molecular complexity index is 582. The number of nitrogens with one attached hydrogen (secondary N) is 1. The Morgan fingerprint density at radius 3 is 2.75 bits per heavy atom. The Kier molecular flexibility index (Phi) is 5.34. The number of imidazole rings is 1. The van der Waals surface area contributed by atoms with Gasteiger partial charge in [0, 0.05) is 52.2 Å². The predicted molar refractivity (Wildman–Crippen MR) is 87.2 cm³/mol. The van der Waals surface area contributed by atoms with E-state index < -0.39 is 0 Å². The number of rotatable bonds is 3. The summed E-state index contributed by atoms with van der Waals surface area (Å²) in [7, 11) is 1.90. The molecule has 132 valence electrons. The van der Waals surface area contributed by atoms with Gasteiger partial charge in [0.05, 0.1) is 6.54 Å². The van der Waals surface area contributed by atoms with Crippen molar-refractivity contribution in [3.8, 4) is 0 Å². The molecule has 3 amide bonds. The molecule has 3 heterocycles. The van der Waals surface area contributed by atoms with Gasteiger partial charge in [0.1, 0.15) is 11.9 Å². The van der Waals surface area contributed by atoms with Crippen LogP contribution in [0.5, 0.6) is 0 Å². The highest BCUT2D eigenvalue weighted by Crippen LogP contribution is 2.16. The van der Waals surface area contributed by atoms with Crippen LogP contribution in [-0.2, 0) is 23.1 Å². The summed E-state index contributed by atoms with van der Waals surface area (Å²) in [5, 5.41) is 2.90. The second-order valence-electron chi connectivity index (χ2n) is 6.28. The zero-order chi connectivity index (χ0) is 16.9. The largest absolute Gasteiger partial charge is 0.368 e. The van der Waals surface area contributed by atoms with Gasteiger partial charge >= 0.3 is 6.03 Å².